The van der Waals surface area contributed by atoms with Crippen LogP contribution in [0.15, 0.2) is 18.2 Å². The zero-order valence-corrected chi connectivity index (χ0v) is 10.9. The highest BCUT2D eigenvalue weighted by molar-refractivity contribution is 6.05. The van der Waals surface area contributed by atoms with Gasteiger partial charge in [-0.2, -0.15) is 0 Å². The van der Waals surface area contributed by atoms with Gasteiger partial charge in [0.25, 0.3) is 5.91 Å². The summed E-state index contributed by atoms with van der Waals surface area (Å²) in [5.74, 6) is -0.866. The van der Waals surface area contributed by atoms with Crippen molar-refractivity contribution in [2.24, 2.45) is 0 Å². The number of hydrogen-bond acceptors (Lipinski definition) is 4. The van der Waals surface area contributed by atoms with Crippen molar-refractivity contribution in [2.75, 3.05) is 5.73 Å². The first-order chi connectivity index (χ1) is 9.58. The van der Waals surface area contributed by atoms with Crippen molar-refractivity contribution in [1.29, 1.82) is 0 Å². The van der Waals surface area contributed by atoms with E-state index in [4.69, 9.17) is 5.73 Å². The van der Waals surface area contributed by atoms with E-state index in [1.165, 1.54) is 4.90 Å². The van der Waals surface area contributed by atoms with Crippen molar-refractivity contribution >= 4 is 23.4 Å². The standard InChI is InChI=1S/C14H15N3O3/c15-10-4-1-3-8-9(10)7-17(14(8)20)11-5-2-6-12(18)16-13(11)19/h1,3-4,11H,2,5-7,15H2,(H,16,18,19). The fraction of sp³-hybridized carbons (Fsp3) is 0.357. The highest BCUT2D eigenvalue weighted by atomic mass is 16.2. The molecule has 2 aliphatic heterocycles. The summed E-state index contributed by atoms with van der Waals surface area (Å²) in [7, 11) is 0. The normalized spacial score (nSPS) is 22.5. The average Bonchev–Trinajstić information content (AvgIpc) is 2.64. The van der Waals surface area contributed by atoms with Crippen molar-refractivity contribution in [3.05, 3.63) is 29.3 Å². The first-order valence-electron chi connectivity index (χ1n) is 6.60. The van der Waals surface area contributed by atoms with Gasteiger partial charge in [0.15, 0.2) is 0 Å². The van der Waals surface area contributed by atoms with Gasteiger partial charge in [0, 0.05) is 29.8 Å². The van der Waals surface area contributed by atoms with E-state index in [-0.39, 0.29) is 11.8 Å². The summed E-state index contributed by atoms with van der Waals surface area (Å²) >= 11 is 0. The van der Waals surface area contributed by atoms with Gasteiger partial charge >= 0.3 is 0 Å². The van der Waals surface area contributed by atoms with Crippen LogP contribution in [0.25, 0.3) is 0 Å². The number of rotatable bonds is 1. The van der Waals surface area contributed by atoms with Crippen LogP contribution in [0.1, 0.15) is 35.2 Å². The van der Waals surface area contributed by atoms with Crippen LogP contribution in [0.5, 0.6) is 0 Å². The molecule has 3 rings (SSSR count). The molecule has 0 bridgehead atoms. The zero-order chi connectivity index (χ0) is 14.3. The highest BCUT2D eigenvalue weighted by Crippen LogP contribution is 2.30. The number of nitrogen functional groups attached to an aromatic ring is 1. The summed E-state index contributed by atoms with van der Waals surface area (Å²) in [6, 6.07) is 4.59. The molecule has 1 fully saturated rings. The number of imide groups is 1. The summed E-state index contributed by atoms with van der Waals surface area (Å²) in [4.78, 5) is 37.3. The van der Waals surface area contributed by atoms with Gasteiger partial charge in [-0.15, -0.1) is 0 Å². The molecule has 0 aliphatic carbocycles. The Hall–Kier alpha value is -2.37. The predicted molar refractivity (Wildman–Crippen MR) is 71.5 cm³/mol. The lowest BCUT2D eigenvalue weighted by Crippen LogP contribution is -2.46. The fourth-order valence-electron chi connectivity index (χ4n) is 2.80. The van der Waals surface area contributed by atoms with E-state index in [0.717, 1.165) is 5.56 Å². The molecule has 20 heavy (non-hydrogen) atoms. The highest BCUT2D eigenvalue weighted by Gasteiger charge is 2.38. The molecule has 0 spiro atoms. The molecule has 6 heteroatoms. The molecule has 1 aromatic rings. The van der Waals surface area contributed by atoms with Crippen LogP contribution in [0.2, 0.25) is 0 Å². The maximum Gasteiger partial charge on any atom is 0.255 e. The van der Waals surface area contributed by atoms with Crippen LogP contribution in [0.3, 0.4) is 0 Å². The second kappa shape index (κ2) is 4.63. The molecule has 3 N–H and O–H groups in total. The Morgan fingerprint density at radius 1 is 1.25 bits per heavy atom. The third-order valence-corrected chi connectivity index (χ3v) is 3.85. The van der Waals surface area contributed by atoms with Gasteiger partial charge < -0.3 is 10.6 Å². The SMILES string of the molecule is Nc1cccc2c1CN(C1CCCC(=O)NC1=O)C2=O. The summed E-state index contributed by atoms with van der Waals surface area (Å²) in [6.45, 7) is 0.327. The van der Waals surface area contributed by atoms with E-state index in [1.54, 1.807) is 18.2 Å². The molecule has 0 radical (unpaired) electrons. The smallest absolute Gasteiger partial charge is 0.255 e. The number of amides is 3. The third-order valence-electron chi connectivity index (χ3n) is 3.85. The number of nitrogens with one attached hydrogen (secondary N) is 1. The van der Waals surface area contributed by atoms with Crippen LogP contribution in [0.4, 0.5) is 5.69 Å². The zero-order valence-electron chi connectivity index (χ0n) is 10.9. The van der Waals surface area contributed by atoms with Gasteiger partial charge in [-0.05, 0) is 25.0 Å². The topological polar surface area (TPSA) is 92.5 Å². The van der Waals surface area contributed by atoms with E-state index in [1.807, 2.05) is 0 Å². The quantitative estimate of drug-likeness (QED) is 0.573. The number of hydrogen-bond donors (Lipinski definition) is 2. The molecular formula is C14H15N3O3. The number of carbonyl (C=O) groups excluding carboxylic acids is 3. The minimum absolute atomic E-state index is 0.193. The molecule has 104 valence electrons. The Morgan fingerprint density at radius 3 is 2.80 bits per heavy atom. The van der Waals surface area contributed by atoms with Crippen molar-refractivity contribution < 1.29 is 14.4 Å². The first kappa shape index (κ1) is 12.7. The molecule has 2 aliphatic rings. The number of carbonyl (C=O) groups is 3. The fourth-order valence-corrected chi connectivity index (χ4v) is 2.80. The maximum absolute atomic E-state index is 12.4. The van der Waals surface area contributed by atoms with Gasteiger partial charge in [0.2, 0.25) is 11.8 Å². The maximum atomic E-state index is 12.4. The first-order valence-corrected chi connectivity index (χ1v) is 6.60. The van der Waals surface area contributed by atoms with Crippen molar-refractivity contribution in [3.63, 3.8) is 0 Å². The van der Waals surface area contributed by atoms with Crippen molar-refractivity contribution in [1.82, 2.24) is 10.2 Å². The average molecular weight is 273 g/mol. The van der Waals surface area contributed by atoms with E-state index in [2.05, 4.69) is 5.32 Å². The molecule has 0 saturated carbocycles. The van der Waals surface area contributed by atoms with E-state index >= 15 is 0 Å². The Morgan fingerprint density at radius 2 is 2.05 bits per heavy atom. The number of nitrogens with zero attached hydrogens (tertiary/aromatic N) is 1. The van der Waals surface area contributed by atoms with Crippen LogP contribution < -0.4 is 11.1 Å². The van der Waals surface area contributed by atoms with Gasteiger partial charge in [-0.25, -0.2) is 0 Å². The minimum atomic E-state index is -0.597. The number of nitrogens with two attached hydrogens (primary N) is 1. The lowest BCUT2D eigenvalue weighted by Gasteiger charge is -2.24. The lowest BCUT2D eigenvalue weighted by molar-refractivity contribution is -0.132. The van der Waals surface area contributed by atoms with Crippen LogP contribution in [-0.4, -0.2) is 28.7 Å². The molecule has 0 aromatic heterocycles. The van der Waals surface area contributed by atoms with Crippen molar-refractivity contribution in [3.8, 4) is 0 Å². The summed E-state index contributed by atoms with van der Waals surface area (Å²) in [6.07, 6.45) is 1.41. The van der Waals surface area contributed by atoms with Gasteiger partial charge in [0.1, 0.15) is 6.04 Å². The molecule has 1 atom stereocenters. The second-order valence-corrected chi connectivity index (χ2v) is 5.13. The van der Waals surface area contributed by atoms with Gasteiger partial charge in [-0.1, -0.05) is 6.07 Å². The summed E-state index contributed by atoms with van der Waals surface area (Å²) < 4.78 is 0. The molecule has 6 nitrogen and oxygen atoms in total. The molecule has 1 aromatic carbocycles. The number of benzene rings is 1. The van der Waals surface area contributed by atoms with Gasteiger partial charge in [0.05, 0.1) is 0 Å². The third kappa shape index (κ3) is 1.93. The molecule has 1 unspecified atom stereocenters. The number of fused-ring (bicyclic) bond motifs is 1. The Kier molecular flexibility index (Phi) is 2.93. The molecular weight excluding hydrogens is 258 g/mol. The van der Waals surface area contributed by atoms with Gasteiger partial charge in [-0.3, -0.25) is 19.7 Å². The van der Waals surface area contributed by atoms with E-state index in [0.29, 0.717) is 37.1 Å². The van der Waals surface area contributed by atoms with E-state index < -0.39 is 11.9 Å². The molecule has 1 saturated heterocycles. The Bertz CT molecular complexity index is 612. The summed E-state index contributed by atoms with van der Waals surface area (Å²) in [5, 5.41) is 2.33. The minimum Gasteiger partial charge on any atom is -0.398 e. The molecule has 3 amide bonds. The Balaban J connectivity index is 1.90. The van der Waals surface area contributed by atoms with Crippen LogP contribution >= 0.6 is 0 Å². The summed E-state index contributed by atoms with van der Waals surface area (Å²) in [5.41, 5.74) is 7.75. The van der Waals surface area contributed by atoms with E-state index in [9.17, 15) is 14.4 Å². The lowest BCUT2D eigenvalue weighted by atomic mass is 10.1. The van der Waals surface area contributed by atoms with Crippen molar-refractivity contribution in [2.45, 2.75) is 31.8 Å². The van der Waals surface area contributed by atoms with Crippen LogP contribution in [0, 0.1) is 0 Å². The molecule has 2 heterocycles. The second-order valence-electron chi connectivity index (χ2n) is 5.13. The monoisotopic (exact) mass is 273 g/mol. The Labute approximate surface area is 115 Å². The predicted octanol–water partition coefficient (Wildman–Crippen LogP) is 0.420. The largest absolute Gasteiger partial charge is 0.398 e. The number of anilines is 1. The van der Waals surface area contributed by atoms with Crippen LogP contribution in [-0.2, 0) is 16.1 Å².